The van der Waals surface area contributed by atoms with Crippen LogP contribution in [0.3, 0.4) is 0 Å². The van der Waals surface area contributed by atoms with E-state index in [1.54, 1.807) is 6.07 Å². The van der Waals surface area contributed by atoms with Crippen LogP contribution in [-0.2, 0) is 15.1 Å². The molecule has 0 spiro atoms. The number of hydrogen-bond acceptors (Lipinski definition) is 5. The number of benzene rings is 2. The summed E-state index contributed by atoms with van der Waals surface area (Å²) in [6, 6.07) is 20.4. The maximum absolute atomic E-state index is 12.7. The Hall–Kier alpha value is -3.25. The predicted molar refractivity (Wildman–Crippen MR) is 118 cm³/mol. The van der Waals surface area contributed by atoms with E-state index in [1.807, 2.05) is 88.4 Å². The fourth-order valence-electron chi connectivity index (χ4n) is 3.54. The van der Waals surface area contributed by atoms with Gasteiger partial charge in [-0.25, -0.2) is 14.8 Å². The summed E-state index contributed by atoms with van der Waals surface area (Å²) in [7, 11) is 0. The lowest BCUT2D eigenvalue weighted by atomic mass is 9.81. The maximum Gasteiger partial charge on any atom is 0.348 e. The molecule has 3 rings (SSSR count). The second kappa shape index (κ2) is 9.71. The molecular formula is C25H28N2O4. The van der Waals surface area contributed by atoms with Crippen LogP contribution in [0.5, 0.6) is 6.01 Å². The molecule has 0 saturated carbocycles. The molecule has 1 atom stereocenters. The normalized spacial score (nSPS) is 12.5. The monoisotopic (exact) mass is 420 g/mol. The average Bonchev–Trinajstić information content (AvgIpc) is 2.74. The van der Waals surface area contributed by atoms with Gasteiger partial charge < -0.3 is 14.6 Å². The van der Waals surface area contributed by atoms with Crippen molar-refractivity contribution in [1.82, 2.24) is 9.97 Å². The third-order valence-corrected chi connectivity index (χ3v) is 4.83. The molecule has 0 fully saturated rings. The number of nitrogens with zero attached hydrogens (tertiary/aromatic N) is 2. The number of rotatable bonds is 9. The summed E-state index contributed by atoms with van der Waals surface area (Å²) < 4.78 is 12.5. The van der Waals surface area contributed by atoms with E-state index < -0.39 is 17.7 Å². The van der Waals surface area contributed by atoms with Crippen LogP contribution >= 0.6 is 0 Å². The molecule has 1 heterocycles. The number of carboxylic acid groups (broad SMARTS) is 1. The Balaban J connectivity index is 2.23. The Bertz CT molecular complexity index is 947. The standard InChI is InChI=1S/C25H28N2O4/c1-17(2)16-30-25(20-11-7-5-8-12-20,21-13-9-6-10-14-21)22(23(28)29)31-24-26-18(3)15-19(4)27-24/h5-15,17,22H,16H2,1-4H3,(H,28,29)/t22-/m1/s1. The third kappa shape index (κ3) is 5.09. The molecule has 0 aliphatic rings. The molecule has 0 unspecified atom stereocenters. The van der Waals surface area contributed by atoms with Gasteiger partial charge in [-0.2, -0.15) is 0 Å². The van der Waals surface area contributed by atoms with Crippen molar-refractivity contribution >= 4 is 5.97 Å². The molecule has 0 aliphatic heterocycles. The Kier molecular flexibility index (Phi) is 7.02. The number of carbonyl (C=O) groups is 1. The second-order valence-corrected chi connectivity index (χ2v) is 7.94. The lowest BCUT2D eigenvalue weighted by molar-refractivity contribution is -0.165. The van der Waals surface area contributed by atoms with Gasteiger partial charge in [0.1, 0.15) is 0 Å². The molecule has 6 heteroatoms. The molecule has 162 valence electrons. The van der Waals surface area contributed by atoms with E-state index in [9.17, 15) is 9.90 Å². The largest absolute Gasteiger partial charge is 0.478 e. The van der Waals surface area contributed by atoms with E-state index >= 15 is 0 Å². The minimum atomic E-state index is -1.42. The number of ether oxygens (including phenoxy) is 2. The van der Waals surface area contributed by atoms with Crippen LogP contribution in [0, 0.1) is 19.8 Å². The van der Waals surface area contributed by atoms with Crippen molar-refractivity contribution in [2.24, 2.45) is 5.92 Å². The van der Waals surface area contributed by atoms with Crippen molar-refractivity contribution in [3.8, 4) is 6.01 Å². The fraction of sp³-hybridized carbons (Fsp3) is 0.320. The van der Waals surface area contributed by atoms with Gasteiger partial charge in [-0.3, -0.25) is 0 Å². The van der Waals surface area contributed by atoms with Crippen LogP contribution in [0.25, 0.3) is 0 Å². The Morgan fingerprint density at radius 2 is 1.42 bits per heavy atom. The van der Waals surface area contributed by atoms with Crippen molar-refractivity contribution in [3.63, 3.8) is 0 Å². The second-order valence-electron chi connectivity index (χ2n) is 7.94. The third-order valence-electron chi connectivity index (χ3n) is 4.83. The fourth-order valence-corrected chi connectivity index (χ4v) is 3.54. The molecule has 31 heavy (non-hydrogen) atoms. The van der Waals surface area contributed by atoms with Crippen molar-refractivity contribution in [3.05, 3.63) is 89.2 Å². The van der Waals surface area contributed by atoms with Gasteiger partial charge in [0, 0.05) is 11.4 Å². The van der Waals surface area contributed by atoms with Gasteiger partial charge in [0.15, 0.2) is 5.60 Å². The number of aryl methyl sites for hydroxylation is 2. The minimum absolute atomic E-state index is 0.00860. The highest BCUT2D eigenvalue weighted by Crippen LogP contribution is 2.39. The van der Waals surface area contributed by atoms with Crippen molar-refractivity contribution < 1.29 is 19.4 Å². The smallest absolute Gasteiger partial charge is 0.348 e. The van der Waals surface area contributed by atoms with E-state index in [1.165, 1.54) is 0 Å². The van der Waals surface area contributed by atoms with E-state index in [0.717, 1.165) is 0 Å². The lowest BCUT2D eigenvalue weighted by Gasteiger charge is -2.39. The molecule has 1 N–H and O–H groups in total. The van der Waals surface area contributed by atoms with Gasteiger partial charge in [-0.1, -0.05) is 74.5 Å². The zero-order valence-corrected chi connectivity index (χ0v) is 18.3. The van der Waals surface area contributed by atoms with Gasteiger partial charge in [0.25, 0.3) is 0 Å². The van der Waals surface area contributed by atoms with Gasteiger partial charge in [-0.15, -0.1) is 0 Å². The molecule has 0 aliphatic carbocycles. The SMILES string of the molecule is Cc1cc(C)nc(O[C@H](C(=O)O)C(OCC(C)C)(c2ccccc2)c2ccccc2)n1. The van der Waals surface area contributed by atoms with E-state index in [-0.39, 0.29) is 11.9 Å². The first-order chi connectivity index (χ1) is 14.8. The summed E-state index contributed by atoms with van der Waals surface area (Å²) in [6.07, 6.45) is -1.42. The van der Waals surface area contributed by atoms with Gasteiger partial charge in [0.2, 0.25) is 6.10 Å². The number of aromatic nitrogens is 2. The van der Waals surface area contributed by atoms with Crippen LogP contribution in [0.1, 0.15) is 36.4 Å². The molecule has 0 radical (unpaired) electrons. The summed E-state index contributed by atoms with van der Waals surface area (Å²) in [5.74, 6) is -0.988. The summed E-state index contributed by atoms with van der Waals surface area (Å²) in [4.78, 5) is 21.3. The topological polar surface area (TPSA) is 81.5 Å². The van der Waals surface area contributed by atoms with E-state index in [4.69, 9.17) is 9.47 Å². The van der Waals surface area contributed by atoms with Gasteiger partial charge in [0.05, 0.1) is 6.61 Å². The zero-order valence-electron chi connectivity index (χ0n) is 18.3. The first kappa shape index (κ1) is 22.4. The number of hydrogen-bond donors (Lipinski definition) is 1. The molecule has 6 nitrogen and oxygen atoms in total. The summed E-state index contributed by atoms with van der Waals surface area (Å²) in [5, 5.41) is 10.3. The van der Waals surface area contributed by atoms with E-state index in [0.29, 0.717) is 29.1 Å². The van der Waals surface area contributed by atoms with Gasteiger partial charge >= 0.3 is 12.0 Å². The highest BCUT2D eigenvalue weighted by atomic mass is 16.6. The molecular weight excluding hydrogens is 392 g/mol. The van der Waals surface area contributed by atoms with Crippen LogP contribution in [-0.4, -0.2) is 33.8 Å². The van der Waals surface area contributed by atoms with Crippen LogP contribution in [0.4, 0.5) is 0 Å². The zero-order chi connectivity index (χ0) is 22.4. The highest BCUT2D eigenvalue weighted by Gasteiger charge is 2.50. The van der Waals surface area contributed by atoms with Crippen molar-refractivity contribution in [2.75, 3.05) is 6.61 Å². The highest BCUT2D eigenvalue weighted by molar-refractivity contribution is 5.76. The predicted octanol–water partition coefficient (Wildman–Crippen LogP) is 4.54. The molecule has 3 aromatic rings. The minimum Gasteiger partial charge on any atom is -0.478 e. The Morgan fingerprint density at radius 1 is 0.935 bits per heavy atom. The molecule has 1 aromatic heterocycles. The van der Waals surface area contributed by atoms with Crippen LogP contribution < -0.4 is 4.74 Å². The van der Waals surface area contributed by atoms with Crippen molar-refractivity contribution in [2.45, 2.75) is 39.4 Å². The summed E-state index contributed by atoms with van der Waals surface area (Å²) in [5.41, 5.74) is 1.34. The number of aliphatic carboxylic acids is 1. The molecule has 0 amide bonds. The maximum atomic E-state index is 12.7. The summed E-state index contributed by atoms with van der Waals surface area (Å²) >= 11 is 0. The van der Waals surface area contributed by atoms with E-state index in [2.05, 4.69) is 9.97 Å². The molecule has 0 bridgehead atoms. The first-order valence-electron chi connectivity index (χ1n) is 10.3. The molecule has 0 saturated heterocycles. The Labute approximate surface area is 182 Å². The quantitative estimate of drug-likeness (QED) is 0.547. The van der Waals surface area contributed by atoms with Crippen LogP contribution in [0.15, 0.2) is 66.7 Å². The van der Waals surface area contributed by atoms with Crippen LogP contribution in [0.2, 0.25) is 0 Å². The van der Waals surface area contributed by atoms with Crippen molar-refractivity contribution in [1.29, 1.82) is 0 Å². The first-order valence-corrected chi connectivity index (χ1v) is 10.3. The Morgan fingerprint density at radius 3 is 1.84 bits per heavy atom. The number of carboxylic acids is 1. The average molecular weight is 421 g/mol. The summed E-state index contributed by atoms with van der Waals surface area (Å²) in [6.45, 7) is 8.00. The lowest BCUT2D eigenvalue weighted by Crippen LogP contribution is -2.51. The molecule has 2 aromatic carbocycles. The van der Waals surface area contributed by atoms with Gasteiger partial charge in [-0.05, 0) is 37.0 Å².